The van der Waals surface area contributed by atoms with E-state index in [1.807, 2.05) is 12.3 Å². The number of thiazole rings is 1. The second kappa shape index (κ2) is 4.78. The molecule has 1 saturated carbocycles. The standard InChI is InChI=1S/C12H16N2OS/c1-8(10-3-4-10)13-12(15)6-5-11-7-16-9(2)14-11/h5-8,10H,3-4H2,1-2H3,(H,13,15)/b6-5+/t8-/m0/s1. The fourth-order valence-corrected chi connectivity index (χ4v) is 2.19. The molecule has 4 heteroatoms. The average molecular weight is 236 g/mol. The first-order chi connectivity index (χ1) is 7.65. The summed E-state index contributed by atoms with van der Waals surface area (Å²) in [5, 5.41) is 5.94. The lowest BCUT2D eigenvalue weighted by atomic mass is 10.2. The van der Waals surface area contributed by atoms with E-state index in [1.165, 1.54) is 12.8 Å². The van der Waals surface area contributed by atoms with Gasteiger partial charge in [0.15, 0.2) is 0 Å². The number of nitrogens with one attached hydrogen (secondary N) is 1. The summed E-state index contributed by atoms with van der Waals surface area (Å²) in [5.74, 6) is 0.670. The zero-order valence-corrected chi connectivity index (χ0v) is 10.4. The van der Waals surface area contributed by atoms with Crippen LogP contribution in [-0.4, -0.2) is 16.9 Å². The minimum Gasteiger partial charge on any atom is -0.350 e. The second-order valence-electron chi connectivity index (χ2n) is 4.26. The molecule has 1 aromatic heterocycles. The molecule has 1 aliphatic rings. The summed E-state index contributed by atoms with van der Waals surface area (Å²) in [6.45, 7) is 4.02. The first-order valence-corrected chi connectivity index (χ1v) is 6.44. The third-order valence-electron chi connectivity index (χ3n) is 2.74. The van der Waals surface area contributed by atoms with Crippen molar-refractivity contribution < 1.29 is 4.79 Å². The van der Waals surface area contributed by atoms with E-state index in [2.05, 4.69) is 17.2 Å². The lowest BCUT2D eigenvalue weighted by Gasteiger charge is -2.09. The van der Waals surface area contributed by atoms with Crippen molar-refractivity contribution in [2.45, 2.75) is 32.7 Å². The Bertz CT molecular complexity index is 407. The number of nitrogens with zero attached hydrogens (tertiary/aromatic N) is 1. The molecule has 86 valence electrons. The molecule has 1 N–H and O–H groups in total. The first-order valence-electron chi connectivity index (χ1n) is 5.56. The monoisotopic (exact) mass is 236 g/mol. The van der Waals surface area contributed by atoms with Gasteiger partial charge in [0.1, 0.15) is 0 Å². The Balaban J connectivity index is 1.84. The maximum atomic E-state index is 11.5. The third kappa shape index (κ3) is 3.17. The predicted octanol–water partition coefficient (Wildman–Crippen LogP) is 2.38. The fraction of sp³-hybridized carbons (Fsp3) is 0.500. The van der Waals surface area contributed by atoms with Gasteiger partial charge in [-0.15, -0.1) is 11.3 Å². The van der Waals surface area contributed by atoms with Crippen molar-refractivity contribution in [1.29, 1.82) is 0 Å². The molecule has 0 spiro atoms. The highest BCUT2D eigenvalue weighted by atomic mass is 32.1. The Kier molecular flexibility index (Phi) is 3.39. The highest BCUT2D eigenvalue weighted by Gasteiger charge is 2.28. The molecule has 1 fully saturated rings. The van der Waals surface area contributed by atoms with Crippen LogP contribution in [0.25, 0.3) is 6.08 Å². The lowest BCUT2D eigenvalue weighted by Crippen LogP contribution is -2.32. The summed E-state index contributed by atoms with van der Waals surface area (Å²) in [6.07, 6.45) is 5.82. The Morgan fingerprint density at radius 1 is 1.69 bits per heavy atom. The molecule has 0 unspecified atom stereocenters. The van der Waals surface area contributed by atoms with Crippen LogP contribution in [0.4, 0.5) is 0 Å². The molecule has 0 saturated heterocycles. The van der Waals surface area contributed by atoms with Crippen molar-refractivity contribution >= 4 is 23.3 Å². The van der Waals surface area contributed by atoms with Crippen molar-refractivity contribution in [3.05, 3.63) is 22.2 Å². The van der Waals surface area contributed by atoms with Gasteiger partial charge < -0.3 is 5.32 Å². The highest BCUT2D eigenvalue weighted by Crippen LogP contribution is 2.32. The lowest BCUT2D eigenvalue weighted by molar-refractivity contribution is -0.117. The summed E-state index contributed by atoms with van der Waals surface area (Å²) in [7, 11) is 0. The van der Waals surface area contributed by atoms with Gasteiger partial charge in [0.2, 0.25) is 5.91 Å². The average Bonchev–Trinajstić information content (AvgIpc) is 3.00. The molecule has 0 radical (unpaired) electrons. The van der Waals surface area contributed by atoms with Crippen molar-refractivity contribution in [1.82, 2.24) is 10.3 Å². The number of amides is 1. The summed E-state index contributed by atoms with van der Waals surface area (Å²) in [4.78, 5) is 15.8. The number of rotatable bonds is 4. The molecule has 1 heterocycles. The third-order valence-corrected chi connectivity index (χ3v) is 3.53. The maximum absolute atomic E-state index is 11.5. The van der Waals surface area contributed by atoms with Crippen LogP contribution in [-0.2, 0) is 4.79 Å². The molecule has 0 aliphatic heterocycles. The molecule has 2 rings (SSSR count). The van der Waals surface area contributed by atoms with Crippen LogP contribution in [0.5, 0.6) is 0 Å². The van der Waals surface area contributed by atoms with E-state index in [1.54, 1.807) is 23.5 Å². The van der Waals surface area contributed by atoms with E-state index in [-0.39, 0.29) is 5.91 Å². The van der Waals surface area contributed by atoms with Gasteiger partial charge in [-0.25, -0.2) is 4.98 Å². The van der Waals surface area contributed by atoms with Crippen LogP contribution in [0.2, 0.25) is 0 Å². The van der Waals surface area contributed by atoms with Crippen molar-refractivity contribution in [2.75, 3.05) is 0 Å². The Morgan fingerprint density at radius 3 is 3.00 bits per heavy atom. The molecule has 1 aromatic rings. The molecule has 16 heavy (non-hydrogen) atoms. The second-order valence-corrected chi connectivity index (χ2v) is 5.32. The molecule has 0 aromatic carbocycles. The van der Waals surface area contributed by atoms with Gasteiger partial charge in [-0.05, 0) is 38.7 Å². The largest absolute Gasteiger partial charge is 0.350 e. The number of carbonyl (C=O) groups is 1. The van der Waals surface area contributed by atoms with Gasteiger partial charge >= 0.3 is 0 Å². The Hall–Kier alpha value is -1.16. The summed E-state index contributed by atoms with van der Waals surface area (Å²) in [6, 6.07) is 0.300. The van der Waals surface area contributed by atoms with Crippen LogP contribution >= 0.6 is 11.3 Å². The summed E-state index contributed by atoms with van der Waals surface area (Å²) in [5.41, 5.74) is 0.858. The van der Waals surface area contributed by atoms with Crippen LogP contribution in [0, 0.1) is 12.8 Å². The number of hydrogen-bond acceptors (Lipinski definition) is 3. The topological polar surface area (TPSA) is 42.0 Å². The summed E-state index contributed by atoms with van der Waals surface area (Å²) >= 11 is 1.59. The van der Waals surface area contributed by atoms with Crippen molar-refractivity contribution in [2.24, 2.45) is 5.92 Å². The number of aryl methyl sites for hydroxylation is 1. The van der Waals surface area contributed by atoms with E-state index >= 15 is 0 Å². The smallest absolute Gasteiger partial charge is 0.244 e. The quantitative estimate of drug-likeness (QED) is 0.816. The SMILES string of the molecule is Cc1nc(/C=C/C(=O)N[C@@H](C)C2CC2)cs1. The Morgan fingerprint density at radius 2 is 2.44 bits per heavy atom. The number of aromatic nitrogens is 1. The van der Waals surface area contributed by atoms with Gasteiger partial charge in [-0.3, -0.25) is 4.79 Å². The van der Waals surface area contributed by atoms with Crippen molar-refractivity contribution in [3.63, 3.8) is 0 Å². The normalized spacial score (nSPS) is 17.6. The first kappa shape index (κ1) is 11.3. The van der Waals surface area contributed by atoms with Gasteiger partial charge in [-0.2, -0.15) is 0 Å². The number of hydrogen-bond donors (Lipinski definition) is 1. The van der Waals surface area contributed by atoms with E-state index in [0.717, 1.165) is 10.7 Å². The van der Waals surface area contributed by atoms with E-state index < -0.39 is 0 Å². The zero-order valence-electron chi connectivity index (χ0n) is 9.56. The minimum absolute atomic E-state index is 0.0231. The molecule has 1 atom stereocenters. The fourth-order valence-electron chi connectivity index (χ4n) is 1.60. The highest BCUT2D eigenvalue weighted by molar-refractivity contribution is 7.09. The van der Waals surface area contributed by atoms with Crippen LogP contribution < -0.4 is 5.32 Å². The van der Waals surface area contributed by atoms with Crippen LogP contribution in [0.3, 0.4) is 0 Å². The molecular weight excluding hydrogens is 220 g/mol. The molecular formula is C12H16N2OS. The van der Waals surface area contributed by atoms with Gasteiger partial charge in [-0.1, -0.05) is 0 Å². The molecule has 1 amide bonds. The van der Waals surface area contributed by atoms with Crippen LogP contribution in [0.15, 0.2) is 11.5 Å². The van der Waals surface area contributed by atoms with Crippen LogP contribution in [0.1, 0.15) is 30.5 Å². The van der Waals surface area contributed by atoms with Gasteiger partial charge in [0, 0.05) is 17.5 Å². The number of carbonyl (C=O) groups excluding carboxylic acids is 1. The van der Waals surface area contributed by atoms with Gasteiger partial charge in [0.05, 0.1) is 10.7 Å². The molecule has 3 nitrogen and oxygen atoms in total. The Labute approximate surface area is 99.6 Å². The predicted molar refractivity (Wildman–Crippen MR) is 66.2 cm³/mol. The van der Waals surface area contributed by atoms with E-state index in [0.29, 0.717) is 12.0 Å². The molecule has 1 aliphatic carbocycles. The minimum atomic E-state index is -0.0231. The van der Waals surface area contributed by atoms with Crippen molar-refractivity contribution in [3.8, 4) is 0 Å². The zero-order chi connectivity index (χ0) is 11.5. The summed E-state index contributed by atoms with van der Waals surface area (Å²) < 4.78 is 0. The van der Waals surface area contributed by atoms with E-state index in [4.69, 9.17) is 0 Å². The van der Waals surface area contributed by atoms with E-state index in [9.17, 15) is 4.79 Å². The van der Waals surface area contributed by atoms with Gasteiger partial charge in [0.25, 0.3) is 0 Å². The maximum Gasteiger partial charge on any atom is 0.244 e. The molecule has 0 bridgehead atoms.